The molecular weight excluding hydrogens is 234 g/mol. The van der Waals surface area contributed by atoms with Crippen LogP contribution in [0.1, 0.15) is 0 Å². The van der Waals surface area contributed by atoms with Gasteiger partial charge in [0.15, 0.2) is 0 Å². The molecule has 0 bridgehead atoms. The summed E-state index contributed by atoms with van der Waals surface area (Å²) in [5.41, 5.74) is 2.63. The maximum atomic E-state index is 5.29. The standard InChI is InChI=1S/C12H9N3OS/c1-17-12-13-7-10(14-15-12)8-2-3-11-9(6-8)4-5-16-11/h2-7H,1H3. The monoisotopic (exact) mass is 243 g/mol. The van der Waals surface area contributed by atoms with Crippen molar-refractivity contribution in [1.29, 1.82) is 0 Å². The number of furan rings is 1. The van der Waals surface area contributed by atoms with Crippen LogP contribution in [-0.2, 0) is 0 Å². The normalized spacial score (nSPS) is 10.9. The molecule has 0 amide bonds. The number of hydrogen-bond donors (Lipinski definition) is 0. The molecule has 0 unspecified atom stereocenters. The Bertz CT molecular complexity index is 648. The highest BCUT2D eigenvalue weighted by atomic mass is 32.2. The summed E-state index contributed by atoms with van der Waals surface area (Å²) in [4.78, 5) is 4.21. The third kappa shape index (κ3) is 1.89. The van der Waals surface area contributed by atoms with Crippen LogP contribution in [0.3, 0.4) is 0 Å². The van der Waals surface area contributed by atoms with E-state index in [1.54, 1.807) is 12.5 Å². The molecule has 84 valence electrons. The first-order valence-corrected chi connectivity index (χ1v) is 6.30. The third-order valence-electron chi connectivity index (χ3n) is 2.47. The summed E-state index contributed by atoms with van der Waals surface area (Å²) in [5, 5.41) is 9.90. The molecule has 3 rings (SSSR count). The predicted molar refractivity (Wildman–Crippen MR) is 66.8 cm³/mol. The van der Waals surface area contributed by atoms with Gasteiger partial charge < -0.3 is 4.42 Å². The van der Waals surface area contributed by atoms with Crippen molar-refractivity contribution in [2.75, 3.05) is 6.26 Å². The highest BCUT2D eigenvalue weighted by Gasteiger charge is 2.04. The lowest BCUT2D eigenvalue weighted by Gasteiger charge is -2.00. The summed E-state index contributed by atoms with van der Waals surface area (Å²) in [6.07, 6.45) is 5.34. The van der Waals surface area contributed by atoms with Crippen LogP contribution < -0.4 is 0 Å². The van der Waals surface area contributed by atoms with Gasteiger partial charge in [0.25, 0.3) is 0 Å². The topological polar surface area (TPSA) is 51.8 Å². The molecule has 0 saturated heterocycles. The van der Waals surface area contributed by atoms with Gasteiger partial charge in [-0.15, -0.1) is 10.2 Å². The van der Waals surface area contributed by atoms with Gasteiger partial charge >= 0.3 is 0 Å². The molecule has 0 aliphatic heterocycles. The molecule has 0 radical (unpaired) electrons. The number of hydrogen-bond acceptors (Lipinski definition) is 5. The third-order valence-corrected chi connectivity index (χ3v) is 3.02. The SMILES string of the molecule is CSc1ncc(-c2ccc3occc3c2)nn1. The number of benzene rings is 1. The molecule has 0 N–H and O–H groups in total. The first-order valence-electron chi connectivity index (χ1n) is 5.08. The van der Waals surface area contributed by atoms with Crippen LogP contribution in [0.15, 0.2) is 46.3 Å². The Hall–Kier alpha value is -1.88. The first kappa shape index (κ1) is 10.3. The van der Waals surface area contributed by atoms with E-state index in [0.29, 0.717) is 5.16 Å². The van der Waals surface area contributed by atoms with Crippen LogP contribution in [0.25, 0.3) is 22.2 Å². The smallest absolute Gasteiger partial charge is 0.208 e. The lowest BCUT2D eigenvalue weighted by molar-refractivity contribution is 0.616. The highest BCUT2D eigenvalue weighted by molar-refractivity contribution is 7.98. The molecule has 0 atom stereocenters. The summed E-state index contributed by atoms with van der Waals surface area (Å²) in [5.74, 6) is 0. The molecule has 0 aliphatic rings. The van der Waals surface area contributed by atoms with Crippen molar-refractivity contribution < 1.29 is 4.42 Å². The van der Waals surface area contributed by atoms with Gasteiger partial charge in [-0.05, 0) is 30.5 Å². The van der Waals surface area contributed by atoms with E-state index in [2.05, 4.69) is 15.2 Å². The minimum Gasteiger partial charge on any atom is -0.464 e. The fourth-order valence-electron chi connectivity index (χ4n) is 1.62. The minimum absolute atomic E-state index is 0.679. The summed E-state index contributed by atoms with van der Waals surface area (Å²) in [6, 6.07) is 7.82. The van der Waals surface area contributed by atoms with Crippen molar-refractivity contribution in [3.63, 3.8) is 0 Å². The van der Waals surface area contributed by atoms with Crippen LogP contribution in [0.2, 0.25) is 0 Å². The fraction of sp³-hybridized carbons (Fsp3) is 0.0833. The molecule has 0 spiro atoms. The quantitative estimate of drug-likeness (QED) is 0.647. The number of fused-ring (bicyclic) bond motifs is 1. The van der Waals surface area contributed by atoms with Crippen molar-refractivity contribution in [2.24, 2.45) is 0 Å². The lowest BCUT2D eigenvalue weighted by Crippen LogP contribution is -1.92. The van der Waals surface area contributed by atoms with Gasteiger partial charge in [-0.3, -0.25) is 0 Å². The number of thioether (sulfide) groups is 1. The van der Waals surface area contributed by atoms with Crippen LogP contribution in [0.5, 0.6) is 0 Å². The van der Waals surface area contributed by atoms with Crippen LogP contribution >= 0.6 is 11.8 Å². The lowest BCUT2D eigenvalue weighted by atomic mass is 10.1. The molecule has 2 heterocycles. The summed E-state index contributed by atoms with van der Waals surface area (Å²) in [6.45, 7) is 0. The Morgan fingerprint density at radius 3 is 2.88 bits per heavy atom. The summed E-state index contributed by atoms with van der Waals surface area (Å²) >= 11 is 1.48. The largest absolute Gasteiger partial charge is 0.464 e. The second kappa shape index (κ2) is 4.18. The van der Waals surface area contributed by atoms with Gasteiger partial charge in [0.1, 0.15) is 11.3 Å². The van der Waals surface area contributed by atoms with Gasteiger partial charge in [0.2, 0.25) is 5.16 Å². The van der Waals surface area contributed by atoms with Gasteiger partial charge in [-0.1, -0.05) is 11.8 Å². The zero-order valence-corrected chi connectivity index (χ0v) is 9.94. The second-order valence-electron chi connectivity index (χ2n) is 3.50. The Morgan fingerprint density at radius 2 is 2.12 bits per heavy atom. The van der Waals surface area contributed by atoms with E-state index < -0.39 is 0 Å². The van der Waals surface area contributed by atoms with E-state index in [1.165, 1.54) is 11.8 Å². The minimum atomic E-state index is 0.679. The number of nitrogens with zero attached hydrogens (tertiary/aromatic N) is 3. The number of aromatic nitrogens is 3. The molecule has 3 aromatic rings. The van der Waals surface area contributed by atoms with Crippen molar-refractivity contribution in [3.05, 3.63) is 36.7 Å². The van der Waals surface area contributed by atoms with Gasteiger partial charge in [0.05, 0.1) is 12.5 Å². The molecule has 0 saturated carbocycles. The Kier molecular flexibility index (Phi) is 2.53. The fourth-order valence-corrected chi connectivity index (χ4v) is 1.90. The first-order chi connectivity index (χ1) is 8.36. The van der Waals surface area contributed by atoms with Gasteiger partial charge in [-0.25, -0.2) is 4.98 Å². The average Bonchev–Trinajstić information content (AvgIpc) is 2.86. The second-order valence-corrected chi connectivity index (χ2v) is 4.28. The van der Waals surface area contributed by atoms with E-state index in [-0.39, 0.29) is 0 Å². The molecule has 0 aliphatic carbocycles. The maximum Gasteiger partial charge on any atom is 0.208 e. The molecule has 17 heavy (non-hydrogen) atoms. The molecule has 0 fully saturated rings. The average molecular weight is 243 g/mol. The zero-order chi connectivity index (χ0) is 11.7. The van der Waals surface area contributed by atoms with Gasteiger partial charge in [-0.2, -0.15) is 0 Å². The van der Waals surface area contributed by atoms with Crippen molar-refractivity contribution in [1.82, 2.24) is 15.2 Å². The Labute approximate surface area is 102 Å². The van der Waals surface area contributed by atoms with E-state index in [4.69, 9.17) is 4.42 Å². The molecule has 4 nitrogen and oxygen atoms in total. The maximum absolute atomic E-state index is 5.29. The van der Waals surface area contributed by atoms with Crippen molar-refractivity contribution in [2.45, 2.75) is 5.16 Å². The Morgan fingerprint density at radius 1 is 1.18 bits per heavy atom. The molecule has 5 heteroatoms. The van der Waals surface area contributed by atoms with Crippen LogP contribution in [0, 0.1) is 0 Å². The van der Waals surface area contributed by atoms with Crippen molar-refractivity contribution in [3.8, 4) is 11.3 Å². The van der Waals surface area contributed by atoms with Crippen LogP contribution in [-0.4, -0.2) is 21.4 Å². The predicted octanol–water partition coefficient (Wildman–Crippen LogP) is 3.01. The van der Waals surface area contributed by atoms with E-state index >= 15 is 0 Å². The van der Waals surface area contributed by atoms with Crippen molar-refractivity contribution >= 4 is 22.7 Å². The Balaban J connectivity index is 2.06. The molecular formula is C12H9N3OS. The molecule has 2 aromatic heterocycles. The highest BCUT2D eigenvalue weighted by Crippen LogP contribution is 2.23. The van der Waals surface area contributed by atoms with E-state index in [0.717, 1.165) is 22.2 Å². The number of rotatable bonds is 2. The van der Waals surface area contributed by atoms with E-state index in [9.17, 15) is 0 Å². The van der Waals surface area contributed by atoms with Crippen LogP contribution in [0.4, 0.5) is 0 Å². The van der Waals surface area contributed by atoms with E-state index in [1.807, 2.05) is 30.5 Å². The molecule has 1 aromatic carbocycles. The summed E-state index contributed by atoms with van der Waals surface area (Å²) < 4.78 is 5.29. The summed E-state index contributed by atoms with van der Waals surface area (Å²) in [7, 11) is 0. The zero-order valence-electron chi connectivity index (χ0n) is 9.12. The van der Waals surface area contributed by atoms with Gasteiger partial charge in [0, 0.05) is 10.9 Å².